The average molecular weight is 436 g/mol. The summed E-state index contributed by atoms with van der Waals surface area (Å²) in [5, 5.41) is 16.5. The number of carbonyl (C=O) groups is 2. The van der Waals surface area contributed by atoms with Crippen LogP contribution in [0, 0.1) is 24.0 Å². The van der Waals surface area contributed by atoms with E-state index in [4.69, 9.17) is 0 Å². The van der Waals surface area contributed by atoms with Crippen LogP contribution >= 0.6 is 11.8 Å². The highest BCUT2D eigenvalue weighted by molar-refractivity contribution is 8.00. The molecule has 3 rings (SSSR count). The maximum atomic E-state index is 12.4. The number of amides is 2. The molecule has 0 unspecified atom stereocenters. The molecule has 7 nitrogen and oxygen atoms in total. The Morgan fingerprint density at radius 3 is 2.42 bits per heavy atom. The van der Waals surface area contributed by atoms with E-state index in [1.165, 1.54) is 23.9 Å². The summed E-state index contributed by atoms with van der Waals surface area (Å²) in [6.45, 7) is 3.73. The second kappa shape index (κ2) is 9.90. The molecule has 2 amide bonds. The van der Waals surface area contributed by atoms with E-state index in [1.807, 2.05) is 25.1 Å². The van der Waals surface area contributed by atoms with E-state index >= 15 is 0 Å². The summed E-state index contributed by atoms with van der Waals surface area (Å²) in [6.07, 6.45) is 0. The molecule has 0 atom stereocenters. The van der Waals surface area contributed by atoms with Crippen molar-refractivity contribution in [3.05, 3.63) is 93.5 Å². The fourth-order valence-electron chi connectivity index (χ4n) is 2.77. The Bertz CT molecular complexity index is 1130. The van der Waals surface area contributed by atoms with Crippen LogP contribution in [0.4, 0.5) is 17.1 Å². The van der Waals surface area contributed by atoms with Crippen molar-refractivity contribution >= 4 is 40.6 Å². The number of thioether (sulfide) groups is 1. The molecule has 3 aromatic rings. The van der Waals surface area contributed by atoms with Crippen molar-refractivity contribution in [3.8, 4) is 0 Å². The first-order chi connectivity index (χ1) is 14.8. The van der Waals surface area contributed by atoms with Gasteiger partial charge < -0.3 is 10.6 Å². The van der Waals surface area contributed by atoms with Gasteiger partial charge in [0.05, 0.1) is 16.4 Å². The van der Waals surface area contributed by atoms with Gasteiger partial charge in [-0.3, -0.25) is 19.7 Å². The molecule has 0 fully saturated rings. The molecule has 158 valence electrons. The lowest BCUT2D eigenvalue weighted by atomic mass is 10.1. The van der Waals surface area contributed by atoms with Crippen molar-refractivity contribution in [2.24, 2.45) is 0 Å². The number of aryl methyl sites for hydroxylation is 2. The van der Waals surface area contributed by atoms with Crippen LogP contribution in [0.15, 0.2) is 71.6 Å². The van der Waals surface area contributed by atoms with E-state index in [2.05, 4.69) is 10.6 Å². The van der Waals surface area contributed by atoms with E-state index in [1.54, 1.807) is 43.3 Å². The molecule has 0 aliphatic heterocycles. The highest BCUT2D eigenvalue weighted by Gasteiger charge is 2.12. The monoisotopic (exact) mass is 435 g/mol. The zero-order valence-corrected chi connectivity index (χ0v) is 17.9. The molecule has 0 saturated heterocycles. The molecule has 3 aromatic carbocycles. The molecule has 0 aliphatic rings. The Kier molecular flexibility index (Phi) is 7.04. The SMILES string of the molecule is Cc1ccc(C(=O)Nc2cccc(SCC(=O)Nc3cc([N+](=O)[O-])ccc3C)c2)cc1. The Labute approximate surface area is 184 Å². The lowest BCUT2D eigenvalue weighted by Gasteiger charge is -2.09. The summed E-state index contributed by atoms with van der Waals surface area (Å²) in [4.78, 5) is 36.0. The quantitative estimate of drug-likeness (QED) is 0.302. The second-order valence-corrected chi connectivity index (χ2v) is 7.99. The molecule has 0 saturated carbocycles. The van der Waals surface area contributed by atoms with Crippen LogP contribution in [0.2, 0.25) is 0 Å². The van der Waals surface area contributed by atoms with Gasteiger partial charge in [0, 0.05) is 28.3 Å². The smallest absolute Gasteiger partial charge is 0.271 e. The highest BCUT2D eigenvalue weighted by Crippen LogP contribution is 2.24. The first-order valence-electron chi connectivity index (χ1n) is 9.47. The fourth-order valence-corrected chi connectivity index (χ4v) is 3.52. The van der Waals surface area contributed by atoms with Crippen LogP contribution in [-0.2, 0) is 4.79 Å². The zero-order valence-electron chi connectivity index (χ0n) is 17.0. The number of nitrogens with zero attached hydrogens (tertiary/aromatic N) is 1. The lowest BCUT2D eigenvalue weighted by molar-refractivity contribution is -0.384. The number of nitro groups is 1. The standard InChI is InChI=1S/C23H21N3O4S/c1-15-6-9-17(10-7-15)23(28)24-18-4-3-5-20(12-18)31-14-22(27)25-21-13-19(26(29)30)11-8-16(21)2/h3-13H,14H2,1-2H3,(H,24,28)(H,25,27). The molecule has 0 bridgehead atoms. The fraction of sp³-hybridized carbons (Fsp3) is 0.130. The van der Waals surface area contributed by atoms with E-state index in [9.17, 15) is 19.7 Å². The molecular weight excluding hydrogens is 414 g/mol. The molecule has 8 heteroatoms. The number of nitro benzene ring substituents is 1. The lowest BCUT2D eigenvalue weighted by Crippen LogP contribution is -2.15. The van der Waals surface area contributed by atoms with E-state index in [0.717, 1.165) is 16.0 Å². The normalized spacial score (nSPS) is 10.4. The van der Waals surface area contributed by atoms with Gasteiger partial charge in [0.15, 0.2) is 0 Å². The topological polar surface area (TPSA) is 101 Å². The third-order valence-electron chi connectivity index (χ3n) is 4.48. The van der Waals surface area contributed by atoms with Gasteiger partial charge in [0.2, 0.25) is 5.91 Å². The molecule has 2 N–H and O–H groups in total. The first-order valence-corrected chi connectivity index (χ1v) is 10.5. The summed E-state index contributed by atoms with van der Waals surface area (Å²) < 4.78 is 0. The predicted molar refractivity (Wildman–Crippen MR) is 123 cm³/mol. The van der Waals surface area contributed by atoms with Crippen molar-refractivity contribution in [1.82, 2.24) is 0 Å². The number of carbonyl (C=O) groups excluding carboxylic acids is 2. The number of nitrogens with one attached hydrogen (secondary N) is 2. The maximum absolute atomic E-state index is 12.4. The maximum Gasteiger partial charge on any atom is 0.271 e. The molecule has 0 aromatic heterocycles. The van der Waals surface area contributed by atoms with Gasteiger partial charge in [-0.1, -0.05) is 29.8 Å². The first kappa shape index (κ1) is 22.0. The van der Waals surface area contributed by atoms with Crippen LogP contribution in [0.5, 0.6) is 0 Å². The van der Waals surface area contributed by atoms with E-state index < -0.39 is 4.92 Å². The van der Waals surface area contributed by atoms with Crippen molar-refractivity contribution < 1.29 is 14.5 Å². The van der Waals surface area contributed by atoms with Gasteiger partial charge in [0.1, 0.15) is 0 Å². The summed E-state index contributed by atoms with van der Waals surface area (Å²) >= 11 is 1.31. The van der Waals surface area contributed by atoms with Crippen molar-refractivity contribution in [1.29, 1.82) is 0 Å². The number of rotatable bonds is 7. The molecule has 0 radical (unpaired) electrons. The van der Waals surface area contributed by atoms with Gasteiger partial charge in [-0.25, -0.2) is 0 Å². The van der Waals surface area contributed by atoms with Gasteiger partial charge in [-0.2, -0.15) is 0 Å². The van der Waals surface area contributed by atoms with Crippen molar-refractivity contribution in [2.45, 2.75) is 18.7 Å². The summed E-state index contributed by atoms with van der Waals surface area (Å²) in [5.41, 5.74) is 3.35. The van der Waals surface area contributed by atoms with E-state index in [0.29, 0.717) is 16.9 Å². The minimum atomic E-state index is -0.500. The minimum absolute atomic E-state index is 0.0782. The van der Waals surface area contributed by atoms with Crippen LogP contribution in [0.3, 0.4) is 0 Å². The van der Waals surface area contributed by atoms with Crippen LogP contribution in [0.25, 0.3) is 0 Å². The number of hydrogen-bond donors (Lipinski definition) is 2. The Balaban J connectivity index is 1.59. The molecule has 0 heterocycles. The number of hydrogen-bond acceptors (Lipinski definition) is 5. The van der Waals surface area contributed by atoms with Gasteiger partial charge in [-0.15, -0.1) is 11.8 Å². The van der Waals surface area contributed by atoms with Gasteiger partial charge >= 0.3 is 0 Å². The zero-order chi connectivity index (χ0) is 22.4. The third-order valence-corrected chi connectivity index (χ3v) is 5.48. The molecule has 0 spiro atoms. The predicted octanol–water partition coefficient (Wildman–Crippen LogP) is 5.19. The second-order valence-electron chi connectivity index (χ2n) is 6.94. The van der Waals surface area contributed by atoms with Crippen LogP contribution < -0.4 is 10.6 Å². The number of non-ortho nitro benzene ring substituents is 1. The Morgan fingerprint density at radius 2 is 1.71 bits per heavy atom. The van der Waals surface area contributed by atoms with Crippen LogP contribution in [-0.4, -0.2) is 22.5 Å². The average Bonchev–Trinajstić information content (AvgIpc) is 2.74. The molecular formula is C23H21N3O4S. The van der Waals surface area contributed by atoms with E-state index in [-0.39, 0.29) is 23.3 Å². The molecule has 31 heavy (non-hydrogen) atoms. The minimum Gasteiger partial charge on any atom is -0.325 e. The molecule has 0 aliphatic carbocycles. The highest BCUT2D eigenvalue weighted by atomic mass is 32.2. The summed E-state index contributed by atoms with van der Waals surface area (Å²) in [7, 11) is 0. The Hall–Kier alpha value is -3.65. The third kappa shape index (κ3) is 6.16. The number of benzene rings is 3. The van der Waals surface area contributed by atoms with Gasteiger partial charge in [0.25, 0.3) is 11.6 Å². The van der Waals surface area contributed by atoms with Gasteiger partial charge in [-0.05, 0) is 49.7 Å². The number of anilines is 2. The van der Waals surface area contributed by atoms with Crippen LogP contribution in [0.1, 0.15) is 21.5 Å². The van der Waals surface area contributed by atoms with Crippen molar-refractivity contribution in [3.63, 3.8) is 0 Å². The summed E-state index contributed by atoms with van der Waals surface area (Å²) in [5.74, 6) is -0.360. The summed E-state index contributed by atoms with van der Waals surface area (Å²) in [6, 6.07) is 18.9. The Morgan fingerprint density at radius 1 is 0.968 bits per heavy atom. The largest absolute Gasteiger partial charge is 0.325 e. The van der Waals surface area contributed by atoms with Crippen molar-refractivity contribution in [2.75, 3.05) is 16.4 Å².